The van der Waals surface area contributed by atoms with Crippen LogP contribution in [0.25, 0.3) is 10.9 Å². The van der Waals surface area contributed by atoms with Crippen LogP contribution in [0.4, 0.5) is 0 Å². The van der Waals surface area contributed by atoms with Gasteiger partial charge in [-0.3, -0.25) is 4.79 Å². The van der Waals surface area contributed by atoms with E-state index < -0.39 is 5.72 Å². The Kier molecular flexibility index (Phi) is 3.62. The van der Waals surface area contributed by atoms with E-state index in [2.05, 4.69) is 11.1 Å². The molecule has 0 bridgehead atoms. The summed E-state index contributed by atoms with van der Waals surface area (Å²) in [4.78, 5) is 17.2. The normalized spacial score (nSPS) is 20.9. The number of hydrogen-bond donors (Lipinski definition) is 2. The summed E-state index contributed by atoms with van der Waals surface area (Å²) in [5.74, 6) is 0.0150. The Morgan fingerprint density at radius 1 is 1.08 bits per heavy atom. The third-order valence-electron chi connectivity index (χ3n) is 4.95. The Morgan fingerprint density at radius 3 is 2.67 bits per heavy atom. The quantitative estimate of drug-likeness (QED) is 0.776. The summed E-state index contributed by atoms with van der Waals surface area (Å²) in [5.41, 5.74) is 1.86. The van der Waals surface area contributed by atoms with E-state index >= 15 is 0 Å². The number of nitrogens with zero attached hydrogens (tertiary/aromatic N) is 1. The van der Waals surface area contributed by atoms with E-state index in [1.165, 1.54) is 10.9 Å². The highest BCUT2D eigenvalue weighted by molar-refractivity contribution is 5.83. The van der Waals surface area contributed by atoms with Crippen LogP contribution in [0.3, 0.4) is 0 Å². The zero-order valence-corrected chi connectivity index (χ0v) is 13.4. The zero-order valence-electron chi connectivity index (χ0n) is 13.4. The number of carbonyl (C=O) groups excluding carboxylic acids is 1. The predicted octanol–water partition coefficient (Wildman–Crippen LogP) is 3.18. The molecule has 1 aliphatic heterocycles. The summed E-state index contributed by atoms with van der Waals surface area (Å²) >= 11 is 0. The van der Waals surface area contributed by atoms with E-state index in [1.54, 1.807) is 4.90 Å². The van der Waals surface area contributed by atoms with Gasteiger partial charge < -0.3 is 15.0 Å². The molecule has 122 valence electrons. The van der Waals surface area contributed by atoms with Crippen LogP contribution < -0.4 is 0 Å². The monoisotopic (exact) mass is 320 g/mol. The second kappa shape index (κ2) is 5.80. The molecular weight excluding hydrogens is 300 g/mol. The Bertz CT molecular complexity index is 871. The van der Waals surface area contributed by atoms with Gasteiger partial charge in [-0.1, -0.05) is 48.5 Å². The number of amides is 1. The molecule has 0 radical (unpaired) electrons. The molecule has 1 amide bonds. The van der Waals surface area contributed by atoms with Crippen molar-refractivity contribution in [2.45, 2.75) is 25.0 Å². The fraction of sp³-hybridized carbons (Fsp3) is 0.250. The largest absolute Gasteiger partial charge is 0.367 e. The van der Waals surface area contributed by atoms with Crippen LogP contribution in [0, 0.1) is 0 Å². The van der Waals surface area contributed by atoms with Gasteiger partial charge in [0.15, 0.2) is 5.72 Å². The van der Waals surface area contributed by atoms with Gasteiger partial charge in [0.25, 0.3) is 0 Å². The number of aliphatic hydroxyl groups is 1. The van der Waals surface area contributed by atoms with Crippen molar-refractivity contribution in [1.82, 2.24) is 9.88 Å². The lowest BCUT2D eigenvalue weighted by molar-refractivity contribution is -0.147. The van der Waals surface area contributed by atoms with Crippen LogP contribution in [-0.4, -0.2) is 27.4 Å². The van der Waals surface area contributed by atoms with Crippen LogP contribution in [0.15, 0.2) is 60.8 Å². The van der Waals surface area contributed by atoms with Crippen LogP contribution >= 0.6 is 0 Å². The Labute approximate surface area is 140 Å². The van der Waals surface area contributed by atoms with Gasteiger partial charge in [0.05, 0.1) is 0 Å². The van der Waals surface area contributed by atoms with Crippen molar-refractivity contribution in [2.75, 3.05) is 6.54 Å². The lowest BCUT2D eigenvalue weighted by Crippen LogP contribution is -2.44. The first kappa shape index (κ1) is 15.0. The number of nitrogens with one attached hydrogen (secondary N) is 1. The second-order valence-corrected chi connectivity index (χ2v) is 6.34. The molecule has 2 N–H and O–H groups in total. The van der Waals surface area contributed by atoms with Crippen LogP contribution in [0.1, 0.15) is 24.0 Å². The number of carbonyl (C=O) groups is 1. The number of H-pyrrole nitrogens is 1. The van der Waals surface area contributed by atoms with Crippen molar-refractivity contribution in [3.8, 4) is 0 Å². The summed E-state index contributed by atoms with van der Waals surface area (Å²) in [6.07, 6.45) is 3.54. The zero-order chi connectivity index (χ0) is 16.6. The van der Waals surface area contributed by atoms with Gasteiger partial charge >= 0.3 is 0 Å². The highest BCUT2D eigenvalue weighted by atomic mass is 16.3. The smallest absolute Gasteiger partial charge is 0.225 e. The van der Waals surface area contributed by atoms with E-state index in [4.69, 9.17) is 0 Å². The molecule has 4 rings (SSSR count). The Morgan fingerprint density at radius 2 is 1.83 bits per heavy atom. The number of rotatable bonds is 4. The SMILES string of the molecule is O=C1CCC(O)(c2ccccc2)N1CCc1c[nH]c2ccccc12. The molecule has 2 heterocycles. The predicted molar refractivity (Wildman–Crippen MR) is 93.3 cm³/mol. The Hall–Kier alpha value is -2.59. The molecule has 2 aromatic carbocycles. The van der Waals surface area contributed by atoms with E-state index in [0.717, 1.165) is 11.1 Å². The van der Waals surface area contributed by atoms with Crippen molar-refractivity contribution < 1.29 is 9.90 Å². The average molecular weight is 320 g/mol. The summed E-state index contributed by atoms with van der Waals surface area (Å²) in [6, 6.07) is 17.6. The maximum atomic E-state index is 12.3. The number of para-hydroxylation sites is 1. The standard InChI is InChI=1S/C20H20N2O2/c23-19-10-12-20(24,16-6-2-1-3-7-16)22(19)13-11-15-14-21-18-9-5-4-8-17(15)18/h1-9,14,21,24H,10-13H2. The molecule has 0 aliphatic carbocycles. The van der Waals surface area contributed by atoms with Crippen LogP contribution in [0.2, 0.25) is 0 Å². The van der Waals surface area contributed by atoms with Crippen molar-refractivity contribution in [2.24, 2.45) is 0 Å². The van der Waals surface area contributed by atoms with Gasteiger partial charge in [0, 0.05) is 42.0 Å². The van der Waals surface area contributed by atoms with Gasteiger partial charge in [-0.25, -0.2) is 0 Å². The maximum Gasteiger partial charge on any atom is 0.225 e. The molecule has 3 aromatic rings. The van der Waals surface area contributed by atoms with Crippen LogP contribution in [-0.2, 0) is 16.9 Å². The van der Waals surface area contributed by atoms with E-state index in [1.807, 2.05) is 54.7 Å². The Balaban J connectivity index is 1.59. The second-order valence-electron chi connectivity index (χ2n) is 6.34. The minimum atomic E-state index is -1.19. The van der Waals surface area contributed by atoms with Crippen molar-refractivity contribution in [1.29, 1.82) is 0 Å². The summed E-state index contributed by atoms with van der Waals surface area (Å²) in [7, 11) is 0. The molecule has 1 saturated heterocycles. The minimum Gasteiger partial charge on any atom is -0.367 e. The molecule has 1 aromatic heterocycles. The average Bonchev–Trinajstić information content (AvgIpc) is 3.16. The highest BCUT2D eigenvalue weighted by Crippen LogP contribution is 2.37. The lowest BCUT2D eigenvalue weighted by Gasteiger charge is -2.34. The van der Waals surface area contributed by atoms with Crippen LogP contribution in [0.5, 0.6) is 0 Å². The van der Waals surface area contributed by atoms with Crippen molar-refractivity contribution in [3.63, 3.8) is 0 Å². The molecule has 1 aliphatic rings. The van der Waals surface area contributed by atoms with E-state index in [9.17, 15) is 9.90 Å². The van der Waals surface area contributed by atoms with Gasteiger partial charge in [0.2, 0.25) is 5.91 Å². The summed E-state index contributed by atoms with van der Waals surface area (Å²) in [6.45, 7) is 0.506. The third kappa shape index (κ3) is 2.39. The van der Waals surface area contributed by atoms with Gasteiger partial charge in [-0.15, -0.1) is 0 Å². The highest BCUT2D eigenvalue weighted by Gasteiger charge is 2.44. The minimum absolute atomic E-state index is 0.0150. The van der Waals surface area contributed by atoms with Gasteiger partial charge in [-0.2, -0.15) is 0 Å². The van der Waals surface area contributed by atoms with E-state index in [0.29, 0.717) is 25.8 Å². The van der Waals surface area contributed by atoms with E-state index in [-0.39, 0.29) is 5.91 Å². The first-order valence-electron chi connectivity index (χ1n) is 8.32. The lowest BCUT2D eigenvalue weighted by atomic mass is 9.99. The molecule has 1 atom stereocenters. The number of aromatic amines is 1. The molecule has 24 heavy (non-hydrogen) atoms. The molecule has 0 saturated carbocycles. The fourth-order valence-corrected chi connectivity index (χ4v) is 3.64. The van der Waals surface area contributed by atoms with Crippen molar-refractivity contribution in [3.05, 3.63) is 71.9 Å². The number of benzene rings is 2. The number of aromatic nitrogens is 1. The molecule has 1 unspecified atom stereocenters. The molecule has 0 spiro atoms. The molecule has 1 fully saturated rings. The molecular formula is C20H20N2O2. The fourth-order valence-electron chi connectivity index (χ4n) is 3.64. The van der Waals surface area contributed by atoms with Crippen molar-refractivity contribution >= 4 is 16.8 Å². The number of hydrogen-bond acceptors (Lipinski definition) is 2. The summed E-state index contributed by atoms with van der Waals surface area (Å²) < 4.78 is 0. The topological polar surface area (TPSA) is 56.3 Å². The number of likely N-dealkylation sites (tertiary alicyclic amines) is 1. The number of fused-ring (bicyclic) bond motifs is 1. The summed E-state index contributed by atoms with van der Waals surface area (Å²) in [5, 5.41) is 12.3. The first-order valence-corrected chi connectivity index (χ1v) is 8.32. The van der Waals surface area contributed by atoms with Gasteiger partial charge in [-0.05, 0) is 18.1 Å². The maximum absolute atomic E-state index is 12.3. The van der Waals surface area contributed by atoms with Gasteiger partial charge in [0.1, 0.15) is 0 Å². The molecule has 4 nitrogen and oxygen atoms in total. The first-order chi connectivity index (χ1) is 11.7. The third-order valence-corrected chi connectivity index (χ3v) is 4.95. The molecule has 4 heteroatoms.